The number of rotatable bonds is 12. The van der Waals surface area contributed by atoms with Gasteiger partial charge in [0.25, 0.3) is 5.56 Å². The van der Waals surface area contributed by atoms with E-state index in [4.69, 9.17) is 9.47 Å². The van der Waals surface area contributed by atoms with Crippen LogP contribution in [0.5, 0.6) is 0 Å². The molecular formula is C31H38N3O10PS. The van der Waals surface area contributed by atoms with E-state index in [1.165, 1.54) is 6.20 Å². The van der Waals surface area contributed by atoms with Gasteiger partial charge in [-0.15, -0.1) is 13.2 Å². The molecule has 1 aromatic heterocycles. The van der Waals surface area contributed by atoms with Crippen LogP contribution in [0.25, 0.3) is 11.1 Å². The molecule has 4 N–H and O–H groups in total. The minimum atomic E-state index is -4.34. The second-order valence-corrected chi connectivity index (χ2v) is 18.1. The van der Waals surface area contributed by atoms with Gasteiger partial charge in [0.2, 0.25) is 0 Å². The molecule has 248 valence electrons. The summed E-state index contributed by atoms with van der Waals surface area (Å²) >= 11 is 0. The number of aliphatic hydroxyl groups excluding tert-OH is 2. The van der Waals surface area contributed by atoms with Crippen molar-refractivity contribution in [3.05, 3.63) is 92.3 Å². The van der Waals surface area contributed by atoms with E-state index in [1.54, 1.807) is 0 Å². The summed E-state index contributed by atoms with van der Waals surface area (Å²) in [6.45, 7) is 2.18. The van der Waals surface area contributed by atoms with Gasteiger partial charge in [0.05, 0.1) is 11.9 Å². The SMILES string of the molecule is C=P(C)(C)CC[C@H]1O[C@@H](n2cc(CNCCS(=O)(=O)OC(=O)OCC3c4ccccc4-c4ccccc43)c(=O)[nH]c2=O)[C@H](O)[C@@H]1O. The lowest BCUT2D eigenvalue weighted by Gasteiger charge is -2.19. The van der Waals surface area contributed by atoms with Crippen molar-refractivity contribution < 1.29 is 37.1 Å². The molecule has 2 aromatic carbocycles. The predicted molar refractivity (Wildman–Crippen MR) is 174 cm³/mol. The number of aliphatic hydroxyl groups is 2. The van der Waals surface area contributed by atoms with E-state index in [0.717, 1.165) is 26.8 Å². The summed E-state index contributed by atoms with van der Waals surface area (Å²) in [5.74, 6) is -0.879. The normalized spacial score (nSPS) is 21.1. The summed E-state index contributed by atoms with van der Waals surface area (Å²) in [5, 5.41) is 23.9. The number of aromatic nitrogens is 2. The summed E-state index contributed by atoms with van der Waals surface area (Å²) in [6, 6.07) is 15.4. The van der Waals surface area contributed by atoms with Crippen molar-refractivity contribution in [1.29, 1.82) is 0 Å². The van der Waals surface area contributed by atoms with Crippen LogP contribution in [0.3, 0.4) is 0 Å². The third-order valence-electron chi connectivity index (χ3n) is 8.04. The maximum Gasteiger partial charge on any atom is 0.524 e. The first-order chi connectivity index (χ1) is 21.7. The highest BCUT2D eigenvalue weighted by Gasteiger charge is 2.44. The lowest BCUT2D eigenvalue weighted by Crippen LogP contribution is -2.39. The maximum absolute atomic E-state index is 12.5. The third-order valence-corrected chi connectivity index (χ3v) is 10.6. The highest BCUT2D eigenvalue weighted by atomic mass is 32.2. The minimum Gasteiger partial charge on any atom is -0.432 e. The van der Waals surface area contributed by atoms with Crippen molar-refractivity contribution in [2.45, 2.75) is 43.4 Å². The fourth-order valence-corrected chi connectivity index (χ4v) is 7.38. The number of benzene rings is 2. The molecule has 1 fully saturated rings. The Bertz CT molecular complexity index is 1820. The fraction of sp³-hybridized carbons (Fsp3) is 0.419. The van der Waals surface area contributed by atoms with E-state index in [2.05, 4.69) is 20.8 Å². The Kier molecular flexibility index (Phi) is 10.1. The molecule has 0 saturated carbocycles. The first kappa shape index (κ1) is 33.8. The average molecular weight is 676 g/mol. The number of nitrogens with one attached hydrogen (secondary N) is 2. The molecule has 5 rings (SSSR count). The molecule has 1 aliphatic heterocycles. The summed E-state index contributed by atoms with van der Waals surface area (Å²) in [6.07, 6.45) is 0.517. The van der Waals surface area contributed by atoms with Crippen LogP contribution < -0.4 is 16.6 Å². The second-order valence-electron chi connectivity index (χ2n) is 12.1. The van der Waals surface area contributed by atoms with Gasteiger partial charge in [0.1, 0.15) is 18.8 Å². The van der Waals surface area contributed by atoms with Crippen molar-refractivity contribution in [1.82, 2.24) is 14.9 Å². The number of carbonyl (C=O) groups excluding carboxylic acids is 1. The molecule has 13 nitrogen and oxygen atoms in total. The van der Waals surface area contributed by atoms with Crippen LogP contribution in [0.15, 0.2) is 64.3 Å². The molecule has 4 atom stereocenters. The van der Waals surface area contributed by atoms with Gasteiger partial charge >= 0.3 is 22.0 Å². The molecule has 0 unspecified atom stereocenters. The molecule has 0 amide bonds. The molecule has 0 bridgehead atoms. The molecule has 15 heteroatoms. The molecule has 1 saturated heterocycles. The van der Waals surface area contributed by atoms with Crippen LogP contribution in [0.2, 0.25) is 0 Å². The van der Waals surface area contributed by atoms with Crippen molar-refractivity contribution in [2.75, 3.05) is 38.4 Å². The van der Waals surface area contributed by atoms with Gasteiger partial charge in [0.15, 0.2) is 6.23 Å². The Hall–Kier alpha value is -3.52. The van der Waals surface area contributed by atoms with Crippen molar-refractivity contribution >= 4 is 29.5 Å². The van der Waals surface area contributed by atoms with Crippen LogP contribution in [-0.2, 0) is 30.3 Å². The predicted octanol–water partition coefficient (Wildman–Crippen LogP) is 1.64. The van der Waals surface area contributed by atoms with E-state index < -0.39 is 64.7 Å². The van der Waals surface area contributed by atoms with Crippen LogP contribution in [0.4, 0.5) is 4.79 Å². The summed E-state index contributed by atoms with van der Waals surface area (Å²) in [4.78, 5) is 39.5. The Morgan fingerprint density at radius 1 is 1.07 bits per heavy atom. The van der Waals surface area contributed by atoms with E-state index in [-0.39, 0.29) is 31.2 Å². The Labute approximate surface area is 266 Å². The van der Waals surface area contributed by atoms with Gasteiger partial charge in [-0.1, -0.05) is 48.5 Å². The van der Waals surface area contributed by atoms with Crippen molar-refractivity contribution in [3.8, 4) is 11.1 Å². The van der Waals surface area contributed by atoms with E-state index in [0.29, 0.717) is 12.6 Å². The maximum atomic E-state index is 12.5. The molecular weight excluding hydrogens is 637 g/mol. The number of hydrogen-bond donors (Lipinski definition) is 4. The first-order valence-corrected chi connectivity index (χ1v) is 19.4. The van der Waals surface area contributed by atoms with Crippen LogP contribution in [0.1, 0.15) is 35.3 Å². The number of aromatic amines is 1. The highest BCUT2D eigenvalue weighted by molar-refractivity contribution is 7.87. The Morgan fingerprint density at radius 2 is 1.70 bits per heavy atom. The Morgan fingerprint density at radius 3 is 2.33 bits per heavy atom. The molecule has 3 aromatic rings. The number of carbonyl (C=O) groups is 1. The van der Waals surface area contributed by atoms with E-state index in [1.807, 2.05) is 61.9 Å². The standard InChI is InChI=1S/C31H38N3O10PS/c1-45(2,3)14-12-25-26(35)27(36)29(43-25)34-17-19(28(37)33-30(34)38)16-32-13-15-46(40,41)44-31(39)42-18-24-22-10-6-4-8-20(22)21-9-5-7-11-23(21)24/h4-11,17,24-27,29,32,35-36H,1,12-16,18H2,2-3H3,(H,33,37,38)/t25-,26-,27-,29-/m1/s1. The largest absolute Gasteiger partial charge is 0.524 e. The molecule has 2 heterocycles. The summed E-state index contributed by atoms with van der Waals surface area (Å²) < 4.78 is 41.5. The van der Waals surface area contributed by atoms with Gasteiger partial charge in [0, 0.05) is 30.8 Å². The van der Waals surface area contributed by atoms with Gasteiger partial charge in [-0.2, -0.15) is 8.42 Å². The van der Waals surface area contributed by atoms with Crippen LogP contribution in [-0.4, -0.2) is 97.3 Å². The quantitative estimate of drug-likeness (QED) is 0.0947. The lowest BCUT2D eigenvalue weighted by molar-refractivity contribution is -0.0404. The zero-order valence-corrected chi connectivity index (χ0v) is 27.2. The zero-order chi connectivity index (χ0) is 33.2. The van der Waals surface area contributed by atoms with Gasteiger partial charge in [-0.3, -0.25) is 14.3 Å². The van der Waals surface area contributed by atoms with Gasteiger partial charge in [-0.25, -0.2) is 9.59 Å². The monoisotopic (exact) mass is 675 g/mol. The molecule has 0 spiro atoms. The van der Waals surface area contributed by atoms with Gasteiger partial charge in [-0.05, 0) is 48.2 Å². The van der Waals surface area contributed by atoms with Crippen LogP contribution in [0, 0.1) is 0 Å². The second kappa shape index (κ2) is 13.7. The van der Waals surface area contributed by atoms with Crippen molar-refractivity contribution in [2.24, 2.45) is 0 Å². The summed E-state index contributed by atoms with van der Waals surface area (Å²) in [5.41, 5.74) is 2.47. The van der Waals surface area contributed by atoms with Gasteiger partial charge < -0.3 is 29.2 Å². The smallest absolute Gasteiger partial charge is 0.432 e. The number of nitrogens with zero attached hydrogens (tertiary/aromatic N) is 1. The zero-order valence-electron chi connectivity index (χ0n) is 25.5. The van der Waals surface area contributed by atoms with E-state index >= 15 is 0 Å². The van der Waals surface area contributed by atoms with E-state index in [9.17, 15) is 33.0 Å². The molecule has 46 heavy (non-hydrogen) atoms. The highest BCUT2D eigenvalue weighted by Crippen LogP contribution is 2.44. The molecule has 2 aliphatic rings. The van der Waals surface area contributed by atoms with Crippen LogP contribution >= 0.6 is 6.89 Å². The average Bonchev–Trinajstić information content (AvgIpc) is 3.46. The number of hydrogen-bond acceptors (Lipinski definition) is 11. The minimum absolute atomic E-state index is 0.0491. The number of ether oxygens (including phenoxy) is 2. The van der Waals surface area contributed by atoms with Crippen molar-refractivity contribution in [3.63, 3.8) is 0 Å². The molecule has 1 aliphatic carbocycles. The first-order valence-electron chi connectivity index (χ1n) is 14.8. The Balaban J connectivity index is 1.13. The number of fused-ring (bicyclic) bond motifs is 3. The topological polar surface area (TPSA) is 186 Å². The number of H-pyrrole nitrogens is 1. The molecule has 0 radical (unpaired) electrons. The lowest BCUT2D eigenvalue weighted by atomic mass is 9.98. The third kappa shape index (κ3) is 7.71. The summed E-state index contributed by atoms with van der Waals surface area (Å²) in [7, 11) is -4.34. The fourth-order valence-electron chi connectivity index (χ4n) is 5.70.